The van der Waals surface area contributed by atoms with Crippen molar-refractivity contribution in [2.24, 2.45) is 11.8 Å². The maximum atomic E-state index is 13.3. The first-order valence-electron chi connectivity index (χ1n) is 12.0. The van der Waals surface area contributed by atoms with Gasteiger partial charge >= 0.3 is 0 Å². The second-order valence-corrected chi connectivity index (χ2v) is 9.29. The van der Waals surface area contributed by atoms with E-state index < -0.39 is 12.0 Å². The molecule has 34 heavy (non-hydrogen) atoms. The van der Waals surface area contributed by atoms with E-state index in [4.69, 9.17) is 0 Å². The lowest BCUT2D eigenvalue weighted by Gasteiger charge is -2.37. The maximum absolute atomic E-state index is 13.3. The predicted molar refractivity (Wildman–Crippen MR) is 133 cm³/mol. The summed E-state index contributed by atoms with van der Waals surface area (Å²) < 4.78 is 0. The molecule has 4 rings (SSSR count). The number of likely N-dealkylation sites (tertiary alicyclic amines) is 1. The molecule has 1 N–H and O–H groups in total. The van der Waals surface area contributed by atoms with Crippen LogP contribution in [0.2, 0.25) is 0 Å². The Morgan fingerprint density at radius 2 is 1.76 bits per heavy atom. The van der Waals surface area contributed by atoms with Crippen molar-refractivity contribution in [2.75, 3.05) is 6.54 Å². The Bertz CT molecular complexity index is 1100. The Morgan fingerprint density at radius 3 is 2.50 bits per heavy atom. The number of piperidine rings is 1. The van der Waals surface area contributed by atoms with Gasteiger partial charge in [-0.3, -0.25) is 9.78 Å². The molecule has 0 unspecified atom stereocenters. The highest BCUT2D eigenvalue weighted by atomic mass is 16.3. The molecule has 5 heteroatoms. The number of rotatable bonds is 9. The van der Waals surface area contributed by atoms with Crippen molar-refractivity contribution in [1.29, 1.82) is 0 Å². The Morgan fingerprint density at radius 1 is 1.03 bits per heavy atom. The van der Waals surface area contributed by atoms with Crippen LogP contribution in [-0.2, 0) is 22.6 Å². The molecule has 1 saturated heterocycles. The highest BCUT2D eigenvalue weighted by Gasteiger charge is 2.38. The van der Waals surface area contributed by atoms with Crippen molar-refractivity contribution < 1.29 is 14.7 Å². The van der Waals surface area contributed by atoms with Crippen LogP contribution in [0, 0.1) is 11.8 Å². The summed E-state index contributed by atoms with van der Waals surface area (Å²) in [6.07, 6.45) is 4.96. The summed E-state index contributed by atoms with van der Waals surface area (Å²) in [6, 6.07) is 22.0. The van der Waals surface area contributed by atoms with Crippen LogP contribution in [0.3, 0.4) is 0 Å². The van der Waals surface area contributed by atoms with Gasteiger partial charge in [0.2, 0.25) is 5.91 Å². The molecule has 176 valence electrons. The Balaban J connectivity index is 1.51. The highest BCUT2D eigenvalue weighted by molar-refractivity contribution is 5.80. The molecule has 1 amide bonds. The van der Waals surface area contributed by atoms with Crippen LogP contribution < -0.4 is 0 Å². The molecule has 1 fully saturated rings. The van der Waals surface area contributed by atoms with Crippen molar-refractivity contribution in [3.05, 3.63) is 90.3 Å². The van der Waals surface area contributed by atoms with Crippen molar-refractivity contribution in [1.82, 2.24) is 9.88 Å². The molecule has 2 heterocycles. The number of carbonyl (C=O) groups excluding carboxylic acids is 2. The number of ketones is 1. The van der Waals surface area contributed by atoms with Gasteiger partial charge in [0.1, 0.15) is 5.78 Å². The van der Waals surface area contributed by atoms with Gasteiger partial charge in [-0.25, -0.2) is 0 Å². The average molecular weight is 457 g/mol. The smallest absolute Gasteiger partial charge is 0.228 e. The normalized spacial score (nSPS) is 17.9. The Hall–Kier alpha value is -3.31. The molecule has 3 atom stereocenters. The molecule has 3 aromatic rings. The lowest BCUT2D eigenvalue weighted by Crippen LogP contribution is -2.47. The first kappa shape index (κ1) is 23.8. The highest BCUT2D eigenvalue weighted by Crippen LogP contribution is 2.31. The van der Waals surface area contributed by atoms with E-state index >= 15 is 0 Å². The van der Waals surface area contributed by atoms with Gasteiger partial charge in [-0.15, -0.1) is 0 Å². The monoisotopic (exact) mass is 456 g/mol. The molecular weight excluding hydrogens is 424 g/mol. The average Bonchev–Trinajstić information content (AvgIpc) is 2.86. The fourth-order valence-corrected chi connectivity index (χ4v) is 4.98. The summed E-state index contributed by atoms with van der Waals surface area (Å²) in [7, 11) is 0. The van der Waals surface area contributed by atoms with E-state index in [0.717, 1.165) is 28.7 Å². The second kappa shape index (κ2) is 11.2. The third-order valence-corrected chi connectivity index (χ3v) is 6.67. The lowest BCUT2D eigenvalue weighted by molar-refractivity contribution is -0.146. The summed E-state index contributed by atoms with van der Waals surface area (Å²) in [5.41, 5.74) is 4.27. The van der Waals surface area contributed by atoms with Crippen molar-refractivity contribution >= 4 is 11.7 Å². The van der Waals surface area contributed by atoms with Gasteiger partial charge < -0.3 is 14.8 Å². The van der Waals surface area contributed by atoms with Crippen LogP contribution in [0.15, 0.2) is 79.1 Å². The molecular formula is C29H32N2O3. The van der Waals surface area contributed by atoms with Gasteiger partial charge in [-0.1, -0.05) is 54.6 Å². The number of aliphatic hydroxyl groups excluding tert-OH is 1. The fraction of sp³-hybridized carbons (Fsp3) is 0.345. The van der Waals surface area contributed by atoms with Gasteiger partial charge in [0.05, 0.1) is 12.0 Å². The van der Waals surface area contributed by atoms with E-state index in [1.807, 2.05) is 65.6 Å². The summed E-state index contributed by atoms with van der Waals surface area (Å²) in [5.74, 6) is -0.776. The standard InChI is InChI=1S/C29H32N2O3/c1-21(32)17-26(19-23-9-5-10-25(18-23)24-12-14-30-15-13-24)28(33)27-11-6-16-31(29(27)34)20-22-7-3-2-4-8-22/h2-5,7-10,12-15,18,26-28,33H,6,11,16-17,19-20H2,1H3/t26-,27-,28-/m0/s1. The number of hydrogen-bond acceptors (Lipinski definition) is 4. The molecule has 1 aliphatic heterocycles. The number of hydrogen-bond donors (Lipinski definition) is 1. The number of aliphatic hydroxyl groups is 1. The zero-order valence-electron chi connectivity index (χ0n) is 19.6. The molecule has 2 aromatic carbocycles. The number of benzene rings is 2. The van der Waals surface area contributed by atoms with E-state index in [-0.39, 0.29) is 24.0 Å². The molecule has 0 radical (unpaired) electrons. The summed E-state index contributed by atoms with van der Waals surface area (Å²) >= 11 is 0. The number of pyridine rings is 1. The fourth-order valence-electron chi connectivity index (χ4n) is 4.98. The van der Waals surface area contributed by atoms with Gasteiger partial charge in [-0.05, 0) is 66.5 Å². The first-order valence-corrected chi connectivity index (χ1v) is 12.0. The zero-order valence-corrected chi connectivity index (χ0v) is 19.6. The quantitative estimate of drug-likeness (QED) is 0.507. The summed E-state index contributed by atoms with van der Waals surface area (Å²) in [5, 5.41) is 11.4. The van der Waals surface area contributed by atoms with Crippen molar-refractivity contribution in [3.63, 3.8) is 0 Å². The third kappa shape index (κ3) is 5.97. The molecule has 1 aromatic heterocycles. The second-order valence-electron chi connectivity index (χ2n) is 9.29. The third-order valence-electron chi connectivity index (χ3n) is 6.67. The van der Waals surface area contributed by atoms with E-state index in [0.29, 0.717) is 25.9 Å². The molecule has 0 aliphatic carbocycles. The number of carbonyl (C=O) groups is 2. The number of aromatic nitrogens is 1. The zero-order chi connectivity index (χ0) is 23.9. The molecule has 5 nitrogen and oxygen atoms in total. The Kier molecular flexibility index (Phi) is 7.86. The van der Waals surface area contributed by atoms with Gasteiger partial charge in [0.25, 0.3) is 0 Å². The molecule has 0 saturated carbocycles. The SMILES string of the molecule is CC(=O)C[C@@H](Cc1cccc(-c2ccncc2)c1)[C@H](O)[C@@H]1CCCN(Cc2ccccc2)C1=O. The van der Waals surface area contributed by atoms with Crippen LogP contribution in [0.5, 0.6) is 0 Å². The van der Waals surface area contributed by atoms with E-state index in [2.05, 4.69) is 11.1 Å². The van der Waals surface area contributed by atoms with E-state index in [9.17, 15) is 14.7 Å². The Labute approximate surface area is 201 Å². The van der Waals surface area contributed by atoms with Gasteiger partial charge in [0.15, 0.2) is 0 Å². The van der Waals surface area contributed by atoms with Crippen LogP contribution >= 0.6 is 0 Å². The number of Topliss-reactive ketones (excluding diaryl/α,β-unsaturated/α-hetero) is 1. The minimum absolute atomic E-state index is 0.0123. The van der Waals surface area contributed by atoms with Crippen LogP contribution in [0.1, 0.15) is 37.3 Å². The maximum Gasteiger partial charge on any atom is 0.228 e. The molecule has 1 aliphatic rings. The van der Waals surface area contributed by atoms with E-state index in [1.165, 1.54) is 0 Å². The first-order chi connectivity index (χ1) is 16.5. The van der Waals surface area contributed by atoms with E-state index in [1.54, 1.807) is 19.3 Å². The largest absolute Gasteiger partial charge is 0.392 e. The molecule has 0 spiro atoms. The van der Waals surface area contributed by atoms with Crippen LogP contribution in [0.4, 0.5) is 0 Å². The number of amides is 1. The lowest BCUT2D eigenvalue weighted by atomic mass is 9.79. The van der Waals surface area contributed by atoms with Crippen molar-refractivity contribution in [2.45, 2.75) is 45.3 Å². The summed E-state index contributed by atoms with van der Waals surface area (Å²) in [4.78, 5) is 31.4. The molecule has 0 bridgehead atoms. The van der Waals surface area contributed by atoms with Crippen LogP contribution in [0.25, 0.3) is 11.1 Å². The number of nitrogens with zero attached hydrogens (tertiary/aromatic N) is 2. The predicted octanol–water partition coefficient (Wildman–Crippen LogP) is 4.69. The van der Waals surface area contributed by atoms with Crippen LogP contribution in [-0.4, -0.2) is 39.3 Å². The minimum Gasteiger partial charge on any atom is -0.392 e. The minimum atomic E-state index is -0.862. The van der Waals surface area contributed by atoms with Gasteiger partial charge in [0, 0.05) is 31.9 Å². The topological polar surface area (TPSA) is 70.5 Å². The summed E-state index contributed by atoms with van der Waals surface area (Å²) in [6.45, 7) is 2.80. The van der Waals surface area contributed by atoms with Crippen molar-refractivity contribution in [3.8, 4) is 11.1 Å². The van der Waals surface area contributed by atoms with Gasteiger partial charge in [-0.2, -0.15) is 0 Å².